The van der Waals surface area contributed by atoms with Crippen LogP contribution >= 0.6 is 15.9 Å². The molecule has 0 bridgehead atoms. The zero-order valence-corrected chi connectivity index (χ0v) is 12.0. The van der Waals surface area contributed by atoms with Crippen molar-refractivity contribution in [1.29, 1.82) is 0 Å². The zero-order valence-electron chi connectivity index (χ0n) is 10.4. The molecule has 5 heteroatoms. The second kappa shape index (κ2) is 4.18. The van der Waals surface area contributed by atoms with Gasteiger partial charge in [0, 0.05) is 11.1 Å². The molecular weight excluding hydrogens is 324 g/mol. The number of halogens is 1. The SMILES string of the molecule is Cc1cc2c(c(O)c1Br)C(=O)c1c(O)cccc1C2=O. The average Bonchev–Trinajstić information content (AvgIpc) is 2.41. The van der Waals surface area contributed by atoms with Gasteiger partial charge in [0.15, 0.2) is 5.78 Å². The normalized spacial score (nSPS) is 13.1. The summed E-state index contributed by atoms with van der Waals surface area (Å²) in [7, 11) is 0. The Labute approximate surface area is 122 Å². The van der Waals surface area contributed by atoms with E-state index in [1.165, 1.54) is 18.2 Å². The first-order valence-corrected chi connectivity index (χ1v) is 6.66. The number of hydrogen-bond donors (Lipinski definition) is 2. The number of ketones is 2. The maximum Gasteiger partial charge on any atom is 0.202 e. The van der Waals surface area contributed by atoms with Gasteiger partial charge in [0.2, 0.25) is 5.78 Å². The van der Waals surface area contributed by atoms with Crippen LogP contribution in [0.25, 0.3) is 0 Å². The number of phenolic OH excluding ortho intramolecular Hbond substituents is 2. The van der Waals surface area contributed by atoms with Crippen molar-refractivity contribution in [1.82, 2.24) is 0 Å². The van der Waals surface area contributed by atoms with Gasteiger partial charge in [-0.1, -0.05) is 12.1 Å². The topological polar surface area (TPSA) is 74.6 Å². The molecule has 0 spiro atoms. The molecule has 0 amide bonds. The summed E-state index contributed by atoms with van der Waals surface area (Å²) in [6.45, 7) is 1.72. The van der Waals surface area contributed by atoms with E-state index in [9.17, 15) is 19.8 Å². The van der Waals surface area contributed by atoms with E-state index in [2.05, 4.69) is 15.9 Å². The van der Waals surface area contributed by atoms with Gasteiger partial charge in [0.05, 0.1) is 15.6 Å². The third kappa shape index (κ3) is 1.53. The van der Waals surface area contributed by atoms with Crippen LogP contribution in [0.15, 0.2) is 28.7 Å². The number of benzene rings is 2. The second-order valence-corrected chi connectivity index (χ2v) is 5.43. The predicted octanol–water partition coefficient (Wildman–Crippen LogP) is 2.94. The van der Waals surface area contributed by atoms with Gasteiger partial charge >= 0.3 is 0 Å². The van der Waals surface area contributed by atoms with Crippen LogP contribution in [0, 0.1) is 6.92 Å². The summed E-state index contributed by atoms with van der Waals surface area (Å²) >= 11 is 3.19. The van der Waals surface area contributed by atoms with Crippen LogP contribution in [0.3, 0.4) is 0 Å². The maximum absolute atomic E-state index is 12.5. The van der Waals surface area contributed by atoms with Crippen molar-refractivity contribution < 1.29 is 19.8 Å². The van der Waals surface area contributed by atoms with Crippen molar-refractivity contribution in [3.63, 3.8) is 0 Å². The van der Waals surface area contributed by atoms with E-state index in [0.29, 0.717) is 10.0 Å². The van der Waals surface area contributed by atoms with Crippen molar-refractivity contribution in [2.75, 3.05) is 0 Å². The Bertz CT molecular complexity index is 793. The van der Waals surface area contributed by atoms with Gasteiger partial charge in [-0.3, -0.25) is 9.59 Å². The number of carbonyl (C=O) groups excluding carboxylic acids is 2. The molecule has 1 aliphatic rings. The van der Waals surface area contributed by atoms with Crippen LogP contribution in [-0.2, 0) is 0 Å². The molecule has 0 saturated heterocycles. The minimum atomic E-state index is -0.550. The fourth-order valence-electron chi connectivity index (χ4n) is 2.42. The standard InChI is InChI=1S/C15H9BrO4/c1-6-5-8-11(15(20)12(6)16)14(19)10-7(13(8)18)3-2-4-9(10)17/h2-5,17,20H,1H3. The van der Waals surface area contributed by atoms with Crippen molar-refractivity contribution in [2.24, 2.45) is 0 Å². The lowest BCUT2D eigenvalue weighted by atomic mass is 9.82. The van der Waals surface area contributed by atoms with Gasteiger partial charge in [-0.15, -0.1) is 0 Å². The molecule has 0 heterocycles. The third-order valence-electron chi connectivity index (χ3n) is 3.41. The Morgan fingerprint density at radius 2 is 1.70 bits per heavy atom. The number of rotatable bonds is 0. The van der Waals surface area contributed by atoms with Crippen LogP contribution in [0.2, 0.25) is 0 Å². The molecule has 0 aromatic heterocycles. The minimum absolute atomic E-state index is 0.0592. The van der Waals surface area contributed by atoms with E-state index in [1.54, 1.807) is 13.0 Å². The van der Waals surface area contributed by atoms with Crippen LogP contribution < -0.4 is 0 Å². The number of carbonyl (C=O) groups is 2. The lowest BCUT2D eigenvalue weighted by Gasteiger charge is -2.20. The first kappa shape index (κ1) is 12.9. The van der Waals surface area contributed by atoms with Crippen LogP contribution in [-0.4, -0.2) is 21.8 Å². The van der Waals surface area contributed by atoms with Gasteiger partial charge in [0.1, 0.15) is 11.5 Å². The maximum atomic E-state index is 12.5. The molecule has 1 aliphatic carbocycles. The highest BCUT2D eigenvalue weighted by molar-refractivity contribution is 9.10. The lowest BCUT2D eigenvalue weighted by Crippen LogP contribution is -2.21. The molecule has 0 saturated carbocycles. The van der Waals surface area contributed by atoms with Crippen LogP contribution in [0.4, 0.5) is 0 Å². The Kier molecular flexibility index (Phi) is 2.69. The summed E-state index contributed by atoms with van der Waals surface area (Å²) in [5.74, 6) is -1.46. The number of aromatic hydroxyl groups is 2. The van der Waals surface area contributed by atoms with Gasteiger partial charge in [-0.05, 0) is 40.5 Å². The van der Waals surface area contributed by atoms with E-state index in [-0.39, 0.29) is 39.5 Å². The van der Waals surface area contributed by atoms with Crippen molar-refractivity contribution in [3.8, 4) is 11.5 Å². The van der Waals surface area contributed by atoms with Crippen molar-refractivity contribution >= 4 is 27.5 Å². The fraction of sp³-hybridized carbons (Fsp3) is 0.0667. The molecule has 2 N–H and O–H groups in total. The number of fused-ring (bicyclic) bond motifs is 2. The van der Waals surface area contributed by atoms with Crippen LogP contribution in [0.1, 0.15) is 37.4 Å². The highest BCUT2D eigenvalue weighted by Gasteiger charge is 2.35. The Morgan fingerprint density at radius 1 is 1.00 bits per heavy atom. The molecule has 0 unspecified atom stereocenters. The van der Waals surface area contributed by atoms with Gasteiger partial charge in [-0.2, -0.15) is 0 Å². The van der Waals surface area contributed by atoms with Crippen molar-refractivity contribution in [3.05, 3.63) is 56.6 Å². The van der Waals surface area contributed by atoms with Gasteiger partial charge in [-0.25, -0.2) is 0 Å². The Balaban J connectivity index is 2.42. The zero-order chi connectivity index (χ0) is 14.6. The molecule has 20 heavy (non-hydrogen) atoms. The van der Waals surface area contributed by atoms with Gasteiger partial charge in [0.25, 0.3) is 0 Å². The Morgan fingerprint density at radius 3 is 2.40 bits per heavy atom. The Hall–Kier alpha value is -2.14. The van der Waals surface area contributed by atoms with E-state index in [4.69, 9.17) is 0 Å². The summed E-state index contributed by atoms with van der Waals surface area (Å²) < 4.78 is 0.372. The van der Waals surface area contributed by atoms with Crippen LogP contribution in [0.5, 0.6) is 11.5 Å². The third-order valence-corrected chi connectivity index (χ3v) is 4.41. The van der Waals surface area contributed by atoms with E-state index in [0.717, 1.165) is 0 Å². The smallest absolute Gasteiger partial charge is 0.202 e. The second-order valence-electron chi connectivity index (χ2n) is 4.64. The largest absolute Gasteiger partial charge is 0.507 e. The summed E-state index contributed by atoms with van der Waals surface area (Å²) in [4.78, 5) is 24.9. The van der Waals surface area contributed by atoms with E-state index < -0.39 is 5.78 Å². The molecule has 0 radical (unpaired) electrons. The summed E-state index contributed by atoms with van der Waals surface area (Å²) in [5, 5.41) is 19.9. The molecule has 4 nitrogen and oxygen atoms in total. The monoisotopic (exact) mass is 332 g/mol. The van der Waals surface area contributed by atoms with E-state index >= 15 is 0 Å². The summed E-state index contributed by atoms with van der Waals surface area (Å²) in [6.07, 6.45) is 0. The average molecular weight is 333 g/mol. The highest BCUT2D eigenvalue weighted by atomic mass is 79.9. The summed E-state index contributed by atoms with van der Waals surface area (Å²) in [6, 6.07) is 5.91. The molecule has 2 aromatic carbocycles. The molecule has 0 aliphatic heterocycles. The van der Waals surface area contributed by atoms with Crippen molar-refractivity contribution in [2.45, 2.75) is 6.92 Å². The predicted molar refractivity (Wildman–Crippen MR) is 75.5 cm³/mol. The molecule has 0 fully saturated rings. The van der Waals surface area contributed by atoms with E-state index in [1.807, 2.05) is 0 Å². The molecule has 0 atom stereocenters. The first-order valence-electron chi connectivity index (χ1n) is 5.87. The summed E-state index contributed by atoms with van der Waals surface area (Å²) in [5.41, 5.74) is 0.846. The molecule has 100 valence electrons. The lowest BCUT2D eigenvalue weighted by molar-refractivity contribution is 0.0974. The number of hydrogen-bond acceptors (Lipinski definition) is 4. The molecule has 2 aromatic rings. The minimum Gasteiger partial charge on any atom is -0.507 e. The fourth-order valence-corrected chi connectivity index (χ4v) is 2.74. The van der Waals surface area contributed by atoms with Gasteiger partial charge < -0.3 is 10.2 Å². The molecule has 3 rings (SSSR count). The quantitative estimate of drug-likeness (QED) is 0.663. The number of aryl methyl sites for hydroxylation is 1. The first-order chi connectivity index (χ1) is 9.43. The molecular formula is C15H9BrO4. The highest BCUT2D eigenvalue weighted by Crippen LogP contribution is 2.41. The number of phenols is 2.